The Morgan fingerprint density at radius 3 is 2.88 bits per heavy atom. The fraction of sp³-hybridized carbons (Fsp3) is 0.294. The number of thioether (sulfide) groups is 1. The number of morpholine rings is 1. The molecule has 124 valence electrons. The molecule has 0 saturated carbocycles. The van der Waals surface area contributed by atoms with Crippen LogP contribution in [-0.4, -0.2) is 41.3 Å². The Morgan fingerprint density at radius 1 is 1.21 bits per heavy atom. The van der Waals surface area contributed by atoms with Crippen molar-refractivity contribution in [1.29, 1.82) is 0 Å². The van der Waals surface area contributed by atoms with Gasteiger partial charge < -0.3 is 14.6 Å². The molecule has 0 spiro atoms. The van der Waals surface area contributed by atoms with Crippen LogP contribution in [0.5, 0.6) is 0 Å². The highest BCUT2D eigenvalue weighted by Crippen LogP contribution is 2.27. The lowest BCUT2D eigenvalue weighted by molar-refractivity contribution is 0.122. The van der Waals surface area contributed by atoms with E-state index in [2.05, 4.69) is 15.0 Å². The number of fused-ring (bicyclic) bond motifs is 1. The quantitative estimate of drug-likeness (QED) is 0.737. The number of nitrogens with one attached hydrogen (secondary N) is 1. The van der Waals surface area contributed by atoms with Crippen LogP contribution in [0.25, 0.3) is 11.0 Å². The molecule has 7 heteroatoms. The fourth-order valence-corrected chi connectivity index (χ4v) is 3.58. The molecule has 1 saturated heterocycles. The number of aromatic nitrogens is 3. The van der Waals surface area contributed by atoms with Gasteiger partial charge in [0.2, 0.25) is 0 Å². The number of aromatic amines is 1. The highest BCUT2D eigenvalue weighted by Gasteiger charge is 2.18. The van der Waals surface area contributed by atoms with Gasteiger partial charge in [0.1, 0.15) is 0 Å². The van der Waals surface area contributed by atoms with Crippen LogP contribution in [0.1, 0.15) is 5.69 Å². The number of benzene rings is 1. The van der Waals surface area contributed by atoms with Gasteiger partial charge in [0.15, 0.2) is 11.0 Å². The zero-order valence-electron chi connectivity index (χ0n) is 13.0. The average Bonchev–Trinajstić information content (AvgIpc) is 3.04. The summed E-state index contributed by atoms with van der Waals surface area (Å²) < 4.78 is 20.1. The van der Waals surface area contributed by atoms with Crippen LogP contribution in [0.2, 0.25) is 0 Å². The lowest BCUT2D eigenvalue weighted by Crippen LogP contribution is -2.36. The van der Waals surface area contributed by atoms with E-state index >= 15 is 0 Å². The van der Waals surface area contributed by atoms with Crippen molar-refractivity contribution in [3.8, 4) is 0 Å². The SMILES string of the molecule is Fc1c(N2CCOCC2)ccnc1CSc1nc2ccccc2[nH]1. The zero-order valence-corrected chi connectivity index (χ0v) is 13.9. The number of hydrogen-bond acceptors (Lipinski definition) is 5. The molecule has 5 nitrogen and oxygen atoms in total. The molecule has 24 heavy (non-hydrogen) atoms. The number of ether oxygens (including phenoxy) is 1. The molecule has 4 rings (SSSR count). The summed E-state index contributed by atoms with van der Waals surface area (Å²) in [5, 5.41) is 0.772. The van der Waals surface area contributed by atoms with Gasteiger partial charge in [0.25, 0.3) is 0 Å². The van der Waals surface area contributed by atoms with Crippen molar-refractivity contribution in [3.05, 3.63) is 48.0 Å². The van der Waals surface area contributed by atoms with Gasteiger partial charge in [-0.3, -0.25) is 4.98 Å². The molecular weight excluding hydrogens is 327 g/mol. The van der Waals surface area contributed by atoms with E-state index in [-0.39, 0.29) is 5.82 Å². The van der Waals surface area contributed by atoms with Crippen molar-refractivity contribution in [2.45, 2.75) is 10.9 Å². The number of nitrogens with zero attached hydrogens (tertiary/aromatic N) is 3. The Labute approximate surface area is 143 Å². The predicted octanol–water partition coefficient (Wildman–Crippen LogP) is 3.23. The van der Waals surface area contributed by atoms with Crippen LogP contribution >= 0.6 is 11.8 Å². The summed E-state index contributed by atoms with van der Waals surface area (Å²) in [7, 11) is 0. The third-order valence-electron chi connectivity index (χ3n) is 4.01. The van der Waals surface area contributed by atoms with Gasteiger partial charge in [-0.25, -0.2) is 9.37 Å². The van der Waals surface area contributed by atoms with Crippen LogP contribution < -0.4 is 4.90 Å². The lowest BCUT2D eigenvalue weighted by Gasteiger charge is -2.29. The Hall–Kier alpha value is -2.12. The van der Waals surface area contributed by atoms with Crippen molar-refractivity contribution in [2.75, 3.05) is 31.2 Å². The molecule has 1 aromatic carbocycles. The molecule has 2 aromatic heterocycles. The van der Waals surface area contributed by atoms with E-state index in [1.807, 2.05) is 29.2 Å². The second kappa shape index (κ2) is 6.78. The van der Waals surface area contributed by atoms with Crippen LogP contribution in [0.4, 0.5) is 10.1 Å². The minimum Gasteiger partial charge on any atom is -0.378 e. The van der Waals surface area contributed by atoms with E-state index in [4.69, 9.17) is 4.74 Å². The maximum Gasteiger partial charge on any atom is 0.168 e. The third-order valence-corrected chi connectivity index (χ3v) is 4.89. The van der Waals surface area contributed by atoms with Crippen LogP contribution in [-0.2, 0) is 10.5 Å². The topological polar surface area (TPSA) is 54.0 Å². The van der Waals surface area contributed by atoms with E-state index in [9.17, 15) is 4.39 Å². The summed E-state index contributed by atoms with van der Waals surface area (Å²) in [6, 6.07) is 9.57. The first-order chi connectivity index (χ1) is 11.8. The normalized spacial score (nSPS) is 15.1. The summed E-state index contributed by atoms with van der Waals surface area (Å²) in [5.74, 6) is 0.187. The average molecular weight is 344 g/mol. The minimum atomic E-state index is -0.247. The van der Waals surface area contributed by atoms with Gasteiger partial charge in [-0.05, 0) is 18.2 Å². The standard InChI is InChI=1S/C17H17FN4OS/c18-16-14(19-6-5-15(16)22-7-9-23-10-8-22)11-24-17-20-12-3-1-2-4-13(12)21-17/h1-6H,7-11H2,(H,20,21). The maximum atomic E-state index is 14.8. The molecule has 0 atom stereocenters. The van der Waals surface area contributed by atoms with Gasteiger partial charge in [0, 0.05) is 25.0 Å². The molecular formula is C17H17FN4OS. The number of imidazole rings is 1. The Balaban J connectivity index is 1.51. The van der Waals surface area contributed by atoms with E-state index in [0.717, 1.165) is 16.2 Å². The number of hydrogen-bond donors (Lipinski definition) is 1. The number of anilines is 1. The third kappa shape index (κ3) is 3.09. The summed E-state index contributed by atoms with van der Waals surface area (Å²) in [5.41, 5.74) is 2.95. The first kappa shape index (κ1) is 15.4. The fourth-order valence-electron chi connectivity index (χ4n) is 2.76. The van der Waals surface area contributed by atoms with E-state index in [0.29, 0.717) is 43.4 Å². The van der Waals surface area contributed by atoms with Crippen molar-refractivity contribution in [3.63, 3.8) is 0 Å². The molecule has 1 N–H and O–H groups in total. The van der Waals surface area contributed by atoms with Crippen molar-refractivity contribution in [2.24, 2.45) is 0 Å². The van der Waals surface area contributed by atoms with Gasteiger partial charge in [-0.2, -0.15) is 0 Å². The Morgan fingerprint density at radius 2 is 2.04 bits per heavy atom. The highest BCUT2D eigenvalue weighted by molar-refractivity contribution is 7.98. The summed E-state index contributed by atoms with van der Waals surface area (Å²) in [4.78, 5) is 14.0. The minimum absolute atomic E-state index is 0.247. The number of halogens is 1. The maximum absolute atomic E-state index is 14.8. The molecule has 3 aromatic rings. The van der Waals surface area contributed by atoms with Gasteiger partial charge >= 0.3 is 0 Å². The van der Waals surface area contributed by atoms with Crippen LogP contribution in [0, 0.1) is 5.82 Å². The highest BCUT2D eigenvalue weighted by atomic mass is 32.2. The molecule has 0 amide bonds. The van der Waals surface area contributed by atoms with E-state index in [1.54, 1.807) is 12.3 Å². The summed E-state index contributed by atoms with van der Waals surface area (Å²) in [6.07, 6.45) is 1.67. The largest absolute Gasteiger partial charge is 0.378 e. The molecule has 1 fully saturated rings. The summed E-state index contributed by atoms with van der Waals surface area (Å²) in [6.45, 7) is 2.67. The molecule has 0 aliphatic carbocycles. The molecule has 1 aliphatic rings. The van der Waals surface area contributed by atoms with Gasteiger partial charge in [0.05, 0.1) is 35.6 Å². The van der Waals surface area contributed by atoms with Gasteiger partial charge in [-0.15, -0.1) is 0 Å². The Bertz CT molecular complexity index is 814. The van der Waals surface area contributed by atoms with Crippen LogP contribution in [0.15, 0.2) is 41.7 Å². The Kier molecular flexibility index (Phi) is 4.36. The number of rotatable bonds is 4. The van der Waals surface area contributed by atoms with Crippen molar-refractivity contribution in [1.82, 2.24) is 15.0 Å². The van der Waals surface area contributed by atoms with E-state index < -0.39 is 0 Å². The lowest BCUT2D eigenvalue weighted by atomic mass is 10.2. The number of para-hydroxylation sites is 2. The van der Waals surface area contributed by atoms with Gasteiger partial charge in [-0.1, -0.05) is 23.9 Å². The second-order valence-corrected chi connectivity index (χ2v) is 6.50. The summed E-state index contributed by atoms with van der Waals surface area (Å²) >= 11 is 1.46. The predicted molar refractivity (Wildman–Crippen MR) is 92.9 cm³/mol. The molecule has 0 bridgehead atoms. The zero-order chi connectivity index (χ0) is 16.4. The van der Waals surface area contributed by atoms with E-state index in [1.165, 1.54) is 11.8 Å². The first-order valence-corrected chi connectivity index (χ1v) is 8.83. The number of pyridine rings is 1. The molecule has 1 aliphatic heterocycles. The molecule has 0 radical (unpaired) electrons. The molecule has 3 heterocycles. The number of H-pyrrole nitrogens is 1. The smallest absolute Gasteiger partial charge is 0.168 e. The second-order valence-electron chi connectivity index (χ2n) is 5.54. The van der Waals surface area contributed by atoms with Crippen molar-refractivity contribution < 1.29 is 9.13 Å². The monoisotopic (exact) mass is 344 g/mol. The molecule has 0 unspecified atom stereocenters. The van der Waals surface area contributed by atoms with Crippen molar-refractivity contribution >= 4 is 28.5 Å². The first-order valence-electron chi connectivity index (χ1n) is 7.85. The van der Waals surface area contributed by atoms with Crippen LogP contribution in [0.3, 0.4) is 0 Å².